The first-order valence-electron chi connectivity index (χ1n) is 3.99. The lowest BCUT2D eigenvalue weighted by atomic mass is 10.2. The monoisotopic (exact) mass is 187 g/mol. The molecule has 1 aliphatic rings. The number of nitrogens with zero attached hydrogens (tertiary/aromatic N) is 2. The second-order valence-electron chi connectivity index (χ2n) is 2.85. The maximum atomic E-state index is 11.0. The number of hydrogen-bond donors (Lipinski definition) is 2. The standard InChI is InChI=1S/C7H13N3O3/c1-5(11)10-2-3-13-6(4-10)7(8)9-12/h6,12H,2-4H2,1H3,(H2,8,9). The summed E-state index contributed by atoms with van der Waals surface area (Å²) in [5, 5.41) is 11.2. The first kappa shape index (κ1) is 9.79. The largest absolute Gasteiger partial charge is 0.409 e. The number of nitrogens with two attached hydrogens (primary N) is 1. The zero-order valence-corrected chi connectivity index (χ0v) is 7.43. The Kier molecular flexibility index (Phi) is 3.07. The van der Waals surface area contributed by atoms with Crippen molar-refractivity contribution >= 4 is 11.7 Å². The van der Waals surface area contributed by atoms with E-state index in [1.54, 1.807) is 4.90 Å². The average Bonchev–Trinajstić information content (AvgIpc) is 2.17. The van der Waals surface area contributed by atoms with E-state index in [1.165, 1.54) is 6.92 Å². The van der Waals surface area contributed by atoms with Crippen molar-refractivity contribution in [2.45, 2.75) is 13.0 Å². The number of oxime groups is 1. The Labute approximate surface area is 75.9 Å². The number of rotatable bonds is 1. The quantitative estimate of drug-likeness (QED) is 0.238. The molecule has 0 bridgehead atoms. The third-order valence-corrected chi connectivity index (χ3v) is 1.96. The lowest BCUT2D eigenvalue weighted by Gasteiger charge is -2.31. The van der Waals surface area contributed by atoms with E-state index in [1.807, 2.05) is 0 Å². The molecule has 1 heterocycles. The molecule has 0 aromatic rings. The Morgan fingerprint density at radius 1 is 1.77 bits per heavy atom. The molecule has 0 spiro atoms. The van der Waals surface area contributed by atoms with Crippen LogP contribution in [0.5, 0.6) is 0 Å². The van der Waals surface area contributed by atoms with Gasteiger partial charge >= 0.3 is 0 Å². The van der Waals surface area contributed by atoms with E-state index < -0.39 is 6.10 Å². The van der Waals surface area contributed by atoms with Crippen molar-refractivity contribution in [3.8, 4) is 0 Å². The minimum absolute atomic E-state index is 0.00551. The van der Waals surface area contributed by atoms with Gasteiger partial charge in [0.05, 0.1) is 13.2 Å². The van der Waals surface area contributed by atoms with Crippen LogP contribution in [-0.4, -0.2) is 47.7 Å². The summed E-state index contributed by atoms with van der Waals surface area (Å²) < 4.78 is 5.20. The third-order valence-electron chi connectivity index (χ3n) is 1.96. The van der Waals surface area contributed by atoms with Crippen LogP contribution in [0.15, 0.2) is 5.16 Å². The van der Waals surface area contributed by atoms with E-state index in [2.05, 4.69) is 5.16 Å². The van der Waals surface area contributed by atoms with Crippen molar-refractivity contribution < 1.29 is 14.7 Å². The van der Waals surface area contributed by atoms with E-state index in [0.29, 0.717) is 19.7 Å². The highest BCUT2D eigenvalue weighted by atomic mass is 16.5. The van der Waals surface area contributed by atoms with Crippen LogP contribution in [0.25, 0.3) is 0 Å². The molecule has 6 nitrogen and oxygen atoms in total. The van der Waals surface area contributed by atoms with Crippen LogP contribution in [0.3, 0.4) is 0 Å². The van der Waals surface area contributed by atoms with Gasteiger partial charge in [-0.05, 0) is 0 Å². The highest BCUT2D eigenvalue weighted by Gasteiger charge is 2.24. The van der Waals surface area contributed by atoms with Crippen LogP contribution in [0.2, 0.25) is 0 Å². The Hall–Kier alpha value is -1.30. The second-order valence-corrected chi connectivity index (χ2v) is 2.85. The molecule has 0 aromatic carbocycles. The van der Waals surface area contributed by atoms with Crippen molar-refractivity contribution in [1.82, 2.24) is 4.90 Å². The molecule has 1 amide bonds. The van der Waals surface area contributed by atoms with E-state index in [9.17, 15) is 4.79 Å². The fraction of sp³-hybridized carbons (Fsp3) is 0.714. The number of ether oxygens (including phenoxy) is 1. The molecular weight excluding hydrogens is 174 g/mol. The summed E-state index contributed by atoms with van der Waals surface area (Å²) in [5.41, 5.74) is 5.35. The van der Waals surface area contributed by atoms with Gasteiger partial charge in [0.25, 0.3) is 0 Å². The van der Waals surface area contributed by atoms with Gasteiger partial charge < -0.3 is 20.6 Å². The van der Waals surface area contributed by atoms with Crippen LogP contribution in [-0.2, 0) is 9.53 Å². The third kappa shape index (κ3) is 2.32. The van der Waals surface area contributed by atoms with Crippen molar-refractivity contribution in [3.63, 3.8) is 0 Å². The van der Waals surface area contributed by atoms with Gasteiger partial charge in [0.2, 0.25) is 5.91 Å². The maximum absolute atomic E-state index is 11.0. The Morgan fingerprint density at radius 2 is 2.46 bits per heavy atom. The molecule has 0 aromatic heterocycles. The Bertz CT molecular complexity index is 229. The highest BCUT2D eigenvalue weighted by Crippen LogP contribution is 2.05. The van der Waals surface area contributed by atoms with Crippen LogP contribution in [0.4, 0.5) is 0 Å². The summed E-state index contributed by atoms with van der Waals surface area (Å²) in [5.74, 6) is -0.0232. The molecular formula is C7H13N3O3. The average molecular weight is 187 g/mol. The first-order chi connectivity index (χ1) is 6.15. The maximum Gasteiger partial charge on any atom is 0.219 e. The van der Waals surface area contributed by atoms with Gasteiger partial charge in [0.1, 0.15) is 6.10 Å². The Morgan fingerprint density at radius 3 is 3.00 bits per heavy atom. The fourth-order valence-electron chi connectivity index (χ4n) is 1.18. The molecule has 1 aliphatic heterocycles. The number of carbonyl (C=O) groups excluding carboxylic acids is 1. The summed E-state index contributed by atoms with van der Waals surface area (Å²) in [6, 6.07) is 0. The molecule has 6 heteroatoms. The van der Waals surface area contributed by atoms with Gasteiger partial charge in [-0.2, -0.15) is 0 Å². The number of amides is 1. The molecule has 13 heavy (non-hydrogen) atoms. The van der Waals surface area contributed by atoms with Crippen molar-refractivity contribution in [3.05, 3.63) is 0 Å². The van der Waals surface area contributed by atoms with E-state index in [4.69, 9.17) is 15.7 Å². The summed E-state index contributed by atoms with van der Waals surface area (Å²) >= 11 is 0. The van der Waals surface area contributed by atoms with Crippen LogP contribution in [0, 0.1) is 0 Å². The SMILES string of the molecule is CC(=O)N1CCOC(C(N)=NO)C1. The van der Waals surface area contributed by atoms with Gasteiger partial charge in [-0.25, -0.2) is 0 Å². The van der Waals surface area contributed by atoms with Crippen molar-refractivity contribution in [2.24, 2.45) is 10.9 Å². The predicted octanol–water partition coefficient (Wildman–Crippen LogP) is -1.02. The molecule has 1 unspecified atom stereocenters. The first-order valence-corrected chi connectivity index (χ1v) is 3.99. The van der Waals surface area contributed by atoms with E-state index in [-0.39, 0.29) is 11.7 Å². The second kappa shape index (κ2) is 4.08. The van der Waals surface area contributed by atoms with Crippen LogP contribution < -0.4 is 5.73 Å². The molecule has 1 rings (SSSR count). The number of morpholine rings is 1. The van der Waals surface area contributed by atoms with Gasteiger partial charge in [-0.3, -0.25) is 4.79 Å². The van der Waals surface area contributed by atoms with Gasteiger partial charge in [0, 0.05) is 13.5 Å². The Balaban J connectivity index is 2.56. The number of amidine groups is 1. The summed E-state index contributed by atoms with van der Waals surface area (Å²) in [4.78, 5) is 12.6. The van der Waals surface area contributed by atoms with Crippen molar-refractivity contribution in [1.29, 1.82) is 0 Å². The predicted molar refractivity (Wildman–Crippen MR) is 45.4 cm³/mol. The summed E-state index contributed by atoms with van der Waals surface area (Å²) in [6.45, 7) is 2.81. The highest BCUT2D eigenvalue weighted by molar-refractivity contribution is 5.85. The minimum atomic E-state index is -0.484. The molecule has 1 fully saturated rings. The summed E-state index contributed by atoms with van der Waals surface area (Å²) in [7, 11) is 0. The molecule has 1 atom stereocenters. The molecule has 0 aliphatic carbocycles. The van der Waals surface area contributed by atoms with Crippen LogP contribution >= 0.6 is 0 Å². The van der Waals surface area contributed by atoms with Crippen LogP contribution in [0.1, 0.15) is 6.92 Å². The lowest BCUT2D eigenvalue weighted by molar-refractivity contribution is -0.134. The number of carbonyl (C=O) groups is 1. The molecule has 1 saturated heterocycles. The lowest BCUT2D eigenvalue weighted by Crippen LogP contribution is -2.49. The zero-order valence-electron chi connectivity index (χ0n) is 7.43. The fourth-order valence-corrected chi connectivity index (χ4v) is 1.18. The van der Waals surface area contributed by atoms with Gasteiger partial charge in [0.15, 0.2) is 5.84 Å². The van der Waals surface area contributed by atoms with Gasteiger partial charge in [-0.15, -0.1) is 0 Å². The number of hydrogen-bond acceptors (Lipinski definition) is 4. The topological polar surface area (TPSA) is 88.2 Å². The minimum Gasteiger partial charge on any atom is -0.409 e. The van der Waals surface area contributed by atoms with E-state index >= 15 is 0 Å². The smallest absolute Gasteiger partial charge is 0.219 e. The zero-order chi connectivity index (χ0) is 9.84. The van der Waals surface area contributed by atoms with E-state index in [0.717, 1.165) is 0 Å². The molecule has 3 N–H and O–H groups in total. The normalized spacial score (nSPS) is 24.5. The summed E-state index contributed by atoms with van der Waals surface area (Å²) in [6.07, 6.45) is -0.484. The molecule has 0 radical (unpaired) electrons. The van der Waals surface area contributed by atoms with Gasteiger partial charge in [-0.1, -0.05) is 5.16 Å². The molecule has 74 valence electrons. The van der Waals surface area contributed by atoms with Crippen molar-refractivity contribution in [2.75, 3.05) is 19.7 Å². The molecule has 0 saturated carbocycles.